The summed E-state index contributed by atoms with van der Waals surface area (Å²) in [6.45, 7) is 1.14. The van der Waals surface area contributed by atoms with E-state index in [4.69, 9.17) is 16.6 Å². The van der Waals surface area contributed by atoms with Gasteiger partial charge in [0.2, 0.25) is 23.6 Å². The maximum atomic E-state index is 13.3. The van der Waals surface area contributed by atoms with Gasteiger partial charge in [0.15, 0.2) is 6.04 Å². The number of aromatic nitrogens is 1. The molecule has 0 aliphatic carbocycles. The number of aliphatic carboxylic acids is 2. The lowest BCUT2D eigenvalue weighted by Crippen LogP contribution is -2.58. The fourth-order valence-electron chi connectivity index (χ4n) is 3.76. The summed E-state index contributed by atoms with van der Waals surface area (Å²) >= 11 is 0. The van der Waals surface area contributed by atoms with E-state index in [2.05, 4.69) is 20.9 Å². The topological polar surface area (TPSA) is 267 Å². The maximum absolute atomic E-state index is 13.3. The highest BCUT2D eigenvalue weighted by Gasteiger charge is 2.32. The molecule has 11 N–H and O–H groups in total. The van der Waals surface area contributed by atoms with Gasteiger partial charge < -0.3 is 47.7 Å². The molecule has 0 saturated heterocycles. The average Bonchev–Trinajstić information content (AvgIpc) is 3.26. The number of nitrogens with one attached hydrogen (secondary N) is 4. The number of para-hydroxylation sites is 1. The summed E-state index contributed by atoms with van der Waals surface area (Å²) in [5.41, 5.74) is 12.2. The van der Waals surface area contributed by atoms with Crippen molar-refractivity contribution in [2.75, 3.05) is 0 Å². The molecule has 1 heterocycles. The van der Waals surface area contributed by atoms with Crippen LogP contribution >= 0.6 is 0 Å². The third-order valence-electron chi connectivity index (χ3n) is 5.82. The lowest BCUT2D eigenvalue weighted by molar-refractivity contribution is -0.145. The molecule has 2 aromatic rings. The predicted octanol–water partition coefficient (Wildman–Crippen LogP) is -2.30. The zero-order chi connectivity index (χ0) is 29.3. The van der Waals surface area contributed by atoms with Crippen molar-refractivity contribution < 1.29 is 44.1 Å². The molecule has 0 fully saturated rings. The molecule has 15 nitrogen and oxygen atoms in total. The van der Waals surface area contributed by atoms with E-state index in [1.807, 2.05) is 0 Å². The monoisotopic (exact) mass is 548 g/mol. The number of carboxylic acids is 2. The summed E-state index contributed by atoms with van der Waals surface area (Å²) in [4.78, 5) is 75.5. The summed E-state index contributed by atoms with van der Waals surface area (Å²) in [6, 6.07) is 1.12. The minimum absolute atomic E-state index is 0.100. The number of hydrogen-bond donors (Lipinski definition) is 9. The molecular weight excluding hydrogens is 516 g/mol. The zero-order valence-corrected chi connectivity index (χ0v) is 21.0. The van der Waals surface area contributed by atoms with E-state index in [0.29, 0.717) is 5.56 Å². The van der Waals surface area contributed by atoms with Crippen LogP contribution in [0.2, 0.25) is 0 Å². The van der Waals surface area contributed by atoms with Gasteiger partial charge in [-0.15, -0.1) is 0 Å². The number of hydrogen-bond acceptors (Lipinski definition) is 8. The quantitative estimate of drug-likeness (QED) is 0.115. The molecule has 0 spiro atoms. The molecule has 0 bridgehead atoms. The van der Waals surface area contributed by atoms with Crippen LogP contribution in [0.1, 0.15) is 31.7 Å². The highest BCUT2D eigenvalue weighted by Crippen LogP contribution is 2.19. The van der Waals surface area contributed by atoms with E-state index in [9.17, 15) is 39.0 Å². The number of amides is 4. The van der Waals surface area contributed by atoms with E-state index in [0.717, 1.165) is 17.8 Å². The second kappa shape index (κ2) is 13.9. The molecule has 1 aromatic carbocycles. The molecule has 15 heteroatoms. The number of carbonyl (C=O) groups excluding carboxylic acids is 4. The van der Waals surface area contributed by atoms with Gasteiger partial charge in [-0.3, -0.25) is 24.0 Å². The number of aliphatic hydroxyl groups excluding tert-OH is 1. The predicted molar refractivity (Wildman–Crippen MR) is 136 cm³/mol. The highest BCUT2D eigenvalue weighted by atomic mass is 16.4. The Hall–Kier alpha value is -4.50. The zero-order valence-electron chi connectivity index (χ0n) is 21.0. The van der Waals surface area contributed by atoms with Gasteiger partial charge in [0, 0.05) is 29.9 Å². The number of benzene rings is 1. The van der Waals surface area contributed by atoms with Gasteiger partial charge >= 0.3 is 11.9 Å². The van der Waals surface area contributed by atoms with Crippen molar-refractivity contribution in [2.24, 2.45) is 11.5 Å². The summed E-state index contributed by atoms with van der Waals surface area (Å²) in [6.07, 6.45) is -1.34. The third-order valence-corrected chi connectivity index (χ3v) is 5.82. The smallest absolute Gasteiger partial charge is 0.328 e. The van der Waals surface area contributed by atoms with Crippen LogP contribution in [0, 0.1) is 0 Å². The van der Waals surface area contributed by atoms with Gasteiger partial charge in [0.05, 0.1) is 18.6 Å². The number of aromatic amines is 1. The number of aliphatic hydroxyl groups is 1. The van der Waals surface area contributed by atoms with E-state index >= 15 is 0 Å². The number of nitrogens with two attached hydrogens (primary N) is 2. The molecule has 212 valence electrons. The first-order valence-corrected chi connectivity index (χ1v) is 11.9. The first-order chi connectivity index (χ1) is 18.3. The minimum Gasteiger partial charge on any atom is -0.481 e. The van der Waals surface area contributed by atoms with Crippen molar-refractivity contribution in [3.63, 3.8) is 0 Å². The molecule has 5 unspecified atom stereocenters. The normalized spacial score (nSPS) is 14.8. The summed E-state index contributed by atoms with van der Waals surface area (Å²) < 4.78 is 0. The van der Waals surface area contributed by atoms with Crippen LogP contribution in [0.4, 0.5) is 0 Å². The van der Waals surface area contributed by atoms with Crippen LogP contribution in [-0.4, -0.2) is 86.1 Å². The van der Waals surface area contributed by atoms with E-state index in [1.54, 1.807) is 30.5 Å². The van der Waals surface area contributed by atoms with Crippen molar-refractivity contribution in [1.29, 1.82) is 0 Å². The van der Waals surface area contributed by atoms with Crippen LogP contribution in [0.3, 0.4) is 0 Å². The number of H-pyrrole nitrogens is 1. The minimum atomic E-state index is -1.71. The summed E-state index contributed by atoms with van der Waals surface area (Å²) in [5, 5.41) is 35.5. The second-order valence-corrected chi connectivity index (χ2v) is 8.96. The van der Waals surface area contributed by atoms with Crippen LogP contribution < -0.4 is 27.4 Å². The largest absolute Gasteiger partial charge is 0.481 e. The molecule has 5 atom stereocenters. The number of carbonyl (C=O) groups is 6. The Morgan fingerprint density at radius 1 is 0.949 bits per heavy atom. The molecule has 4 amide bonds. The molecular formula is C24H32N6O9. The number of primary amides is 1. The Bertz CT molecular complexity index is 1230. The van der Waals surface area contributed by atoms with Crippen molar-refractivity contribution >= 4 is 46.5 Å². The Morgan fingerprint density at radius 2 is 1.56 bits per heavy atom. The van der Waals surface area contributed by atoms with Crippen LogP contribution in [0.5, 0.6) is 0 Å². The number of fused-ring (bicyclic) bond motifs is 1. The van der Waals surface area contributed by atoms with Crippen molar-refractivity contribution in [1.82, 2.24) is 20.9 Å². The first-order valence-electron chi connectivity index (χ1n) is 11.9. The average molecular weight is 549 g/mol. The van der Waals surface area contributed by atoms with Gasteiger partial charge in [0.1, 0.15) is 12.1 Å². The lowest BCUT2D eigenvalue weighted by atomic mass is 10.0. The number of rotatable bonds is 15. The molecule has 0 aliphatic heterocycles. The lowest BCUT2D eigenvalue weighted by Gasteiger charge is -2.25. The fourth-order valence-corrected chi connectivity index (χ4v) is 3.76. The number of carboxylic acid groups (broad SMARTS) is 2. The molecule has 2 rings (SSSR count). The summed E-state index contributed by atoms with van der Waals surface area (Å²) in [7, 11) is 0. The standard InChI is InChI=1S/C24H32N6O9/c1-11(31)20(24(38)39)30-22(36)16(6-7-18(26)32)28-23(37)17(29-21(35)14(25)9-19(33)34)8-12-10-27-15-5-3-2-4-13(12)15/h2-5,10-11,14,16-17,20,27,31H,6-9,25H2,1H3,(H2,26,32)(H,28,37)(H,29,35)(H,30,36)(H,33,34)(H,38,39). The molecule has 1 aromatic heterocycles. The Balaban J connectivity index is 2.33. The Kier molecular flexibility index (Phi) is 10.9. The third kappa shape index (κ3) is 9.08. The van der Waals surface area contributed by atoms with Gasteiger partial charge in [-0.25, -0.2) is 4.79 Å². The van der Waals surface area contributed by atoms with Gasteiger partial charge in [0.25, 0.3) is 0 Å². The van der Waals surface area contributed by atoms with Gasteiger partial charge in [-0.2, -0.15) is 0 Å². The maximum Gasteiger partial charge on any atom is 0.328 e. The Morgan fingerprint density at radius 3 is 2.15 bits per heavy atom. The molecule has 0 radical (unpaired) electrons. The summed E-state index contributed by atoms with van der Waals surface area (Å²) in [5.74, 6) is -6.51. The van der Waals surface area contributed by atoms with Crippen LogP contribution in [0.25, 0.3) is 10.9 Å². The van der Waals surface area contributed by atoms with Crippen LogP contribution in [0.15, 0.2) is 30.5 Å². The van der Waals surface area contributed by atoms with Gasteiger partial charge in [-0.05, 0) is 25.0 Å². The second-order valence-electron chi connectivity index (χ2n) is 8.96. The Labute approximate surface area is 222 Å². The van der Waals surface area contributed by atoms with E-state index < -0.39 is 72.3 Å². The van der Waals surface area contributed by atoms with E-state index in [1.165, 1.54) is 0 Å². The molecule has 39 heavy (non-hydrogen) atoms. The molecule has 0 saturated carbocycles. The van der Waals surface area contributed by atoms with Crippen molar-refractivity contribution in [3.05, 3.63) is 36.0 Å². The van der Waals surface area contributed by atoms with Crippen molar-refractivity contribution in [2.45, 2.75) is 62.9 Å². The van der Waals surface area contributed by atoms with Crippen LogP contribution in [-0.2, 0) is 35.2 Å². The van der Waals surface area contributed by atoms with Gasteiger partial charge in [-0.1, -0.05) is 18.2 Å². The molecule has 0 aliphatic rings. The highest BCUT2D eigenvalue weighted by molar-refractivity contribution is 5.95. The van der Waals surface area contributed by atoms with Crippen molar-refractivity contribution in [3.8, 4) is 0 Å². The SMILES string of the molecule is CC(O)C(NC(=O)C(CCC(N)=O)NC(=O)C(Cc1c[nH]c2ccccc12)NC(=O)C(N)CC(=O)O)C(=O)O. The first kappa shape index (κ1) is 30.7. The van der Waals surface area contributed by atoms with E-state index in [-0.39, 0.29) is 19.3 Å². The fraction of sp³-hybridized carbons (Fsp3) is 0.417.